The summed E-state index contributed by atoms with van der Waals surface area (Å²) < 4.78 is 5.30. The highest BCUT2D eigenvalue weighted by atomic mass is 16.6. The number of benzene rings is 1. The zero-order chi connectivity index (χ0) is 15.4. The molecule has 0 bridgehead atoms. The van der Waals surface area contributed by atoms with E-state index in [2.05, 4.69) is 0 Å². The number of carboxylic acid groups (broad SMARTS) is 1. The van der Waals surface area contributed by atoms with E-state index >= 15 is 0 Å². The van der Waals surface area contributed by atoms with E-state index in [0.717, 1.165) is 12.8 Å². The van der Waals surface area contributed by atoms with Crippen LogP contribution in [0.3, 0.4) is 0 Å². The van der Waals surface area contributed by atoms with Crippen molar-refractivity contribution >= 4 is 11.7 Å². The van der Waals surface area contributed by atoms with E-state index in [1.807, 2.05) is 11.9 Å². The van der Waals surface area contributed by atoms with Gasteiger partial charge in [-0.05, 0) is 25.5 Å². The Bertz CT molecular complexity index is 540. The predicted molar refractivity (Wildman–Crippen MR) is 75.4 cm³/mol. The molecule has 0 atom stereocenters. The molecule has 0 spiro atoms. The average Bonchev–Trinajstić information content (AvgIpc) is 2.47. The van der Waals surface area contributed by atoms with Crippen LogP contribution in [0.25, 0.3) is 0 Å². The Labute approximate surface area is 122 Å². The van der Waals surface area contributed by atoms with Gasteiger partial charge in [-0.1, -0.05) is 12.1 Å². The number of nitro groups is 1. The number of aromatic carboxylic acids is 1. The highest BCUT2D eigenvalue weighted by Gasteiger charge is 2.26. The van der Waals surface area contributed by atoms with E-state index < -0.39 is 10.9 Å². The van der Waals surface area contributed by atoms with E-state index in [1.54, 1.807) is 6.07 Å². The quantitative estimate of drug-likeness (QED) is 0.658. The SMILES string of the molecule is CN(Cc1cccc([N+](=O)[O-])c1C(=O)O)C1CCOCC1. The second kappa shape index (κ2) is 6.64. The second-order valence-electron chi connectivity index (χ2n) is 5.13. The lowest BCUT2D eigenvalue weighted by Gasteiger charge is -2.31. The van der Waals surface area contributed by atoms with Gasteiger partial charge in [0.25, 0.3) is 5.69 Å². The molecule has 7 heteroatoms. The van der Waals surface area contributed by atoms with Gasteiger partial charge in [0.15, 0.2) is 0 Å². The maximum atomic E-state index is 11.4. The Morgan fingerprint density at radius 2 is 2.14 bits per heavy atom. The van der Waals surface area contributed by atoms with Crippen LogP contribution in [0.4, 0.5) is 5.69 Å². The number of rotatable bonds is 5. The minimum absolute atomic E-state index is 0.221. The van der Waals surface area contributed by atoms with Gasteiger partial charge in [-0.2, -0.15) is 0 Å². The predicted octanol–water partition coefficient (Wildman–Crippen LogP) is 1.90. The molecule has 1 aliphatic rings. The van der Waals surface area contributed by atoms with Gasteiger partial charge in [0.05, 0.1) is 4.92 Å². The van der Waals surface area contributed by atoms with Crippen LogP contribution in [0.5, 0.6) is 0 Å². The fourth-order valence-electron chi connectivity index (χ4n) is 2.64. The van der Waals surface area contributed by atoms with Gasteiger partial charge >= 0.3 is 5.97 Å². The smallest absolute Gasteiger partial charge is 0.343 e. The van der Waals surface area contributed by atoms with E-state index in [4.69, 9.17) is 4.74 Å². The molecular formula is C14H18N2O5. The summed E-state index contributed by atoms with van der Waals surface area (Å²) in [6, 6.07) is 4.69. The van der Waals surface area contributed by atoms with Crippen molar-refractivity contribution in [3.63, 3.8) is 0 Å². The normalized spacial score (nSPS) is 16.1. The van der Waals surface area contributed by atoms with Crippen LogP contribution in [-0.2, 0) is 11.3 Å². The molecule has 0 aromatic heterocycles. The Balaban J connectivity index is 2.24. The topological polar surface area (TPSA) is 92.9 Å². The summed E-state index contributed by atoms with van der Waals surface area (Å²) >= 11 is 0. The Hall–Kier alpha value is -1.99. The zero-order valence-corrected chi connectivity index (χ0v) is 11.8. The molecular weight excluding hydrogens is 276 g/mol. The van der Waals surface area contributed by atoms with Gasteiger partial charge < -0.3 is 9.84 Å². The minimum Gasteiger partial charge on any atom is -0.477 e. The van der Waals surface area contributed by atoms with E-state index in [-0.39, 0.29) is 11.3 Å². The molecule has 7 nitrogen and oxygen atoms in total. The van der Waals surface area contributed by atoms with Crippen molar-refractivity contribution in [2.45, 2.75) is 25.4 Å². The molecule has 21 heavy (non-hydrogen) atoms. The Morgan fingerprint density at radius 1 is 1.48 bits per heavy atom. The lowest BCUT2D eigenvalue weighted by molar-refractivity contribution is -0.385. The standard InChI is InChI=1S/C14H18N2O5/c1-15(11-5-7-21-8-6-11)9-10-3-2-4-12(16(19)20)13(10)14(17)18/h2-4,11H,5-9H2,1H3,(H,17,18). The molecule has 0 amide bonds. The molecule has 1 aromatic carbocycles. The highest BCUT2D eigenvalue weighted by Crippen LogP contribution is 2.25. The summed E-state index contributed by atoms with van der Waals surface area (Å²) in [5.74, 6) is -1.27. The molecule has 1 fully saturated rings. The third-order valence-electron chi connectivity index (χ3n) is 3.77. The Kier molecular flexibility index (Phi) is 4.87. The third-order valence-corrected chi connectivity index (χ3v) is 3.77. The number of carbonyl (C=O) groups is 1. The molecule has 114 valence electrons. The molecule has 0 saturated carbocycles. The highest BCUT2D eigenvalue weighted by molar-refractivity contribution is 5.94. The molecule has 1 aliphatic heterocycles. The summed E-state index contributed by atoms with van der Waals surface area (Å²) in [4.78, 5) is 23.7. The molecule has 0 aliphatic carbocycles. The van der Waals surface area contributed by atoms with Crippen molar-refractivity contribution < 1.29 is 19.6 Å². The van der Waals surface area contributed by atoms with Crippen molar-refractivity contribution in [3.8, 4) is 0 Å². The number of ether oxygens (including phenoxy) is 1. The van der Waals surface area contributed by atoms with Gasteiger partial charge in [-0.25, -0.2) is 4.79 Å². The first-order chi connectivity index (χ1) is 10.0. The molecule has 0 radical (unpaired) electrons. The average molecular weight is 294 g/mol. The fourth-order valence-corrected chi connectivity index (χ4v) is 2.64. The summed E-state index contributed by atoms with van der Waals surface area (Å²) in [6.07, 6.45) is 1.77. The monoisotopic (exact) mass is 294 g/mol. The van der Waals surface area contributed by atoms with Crippen molar-refractivity contribution in [1.82, 2.24) is 4.90 Å². The summed E-state index contributed by atoms with van der Waals surface area (Å²) in [6.45, 7) is 1.75. The van der Waals surface area contributed by atoms with Crippen LogP contribution < -0.4 is 0 Å². The van der Waals surface area contributed by atoms with Gasteiger partial charge in [0, 0.05) is 31.9 Å². The van der Waals surface area contributed by atoms with E-state index in [0.29, 0.717) is 31.4 Å². The van der Waals surface area contributed by atoms with Gasteiger partial charge in [-0.15, -0.1) is 0 Å². The minimum atomic E-state index is -1.27. The molecule has 1 saturated heterocycles. The van der Waals surface area contributed by atoms with Crippen molar-refractivity contribution in [3.05, 3.63) is 39.4 Å². The number of hydrogen-bond donors (Lipinski definition) is 1. The lowest BCUT2D eigenvalue weighted by atomic mass is 10.0. The van der Waals surface area contributed by atoms with Gasteiger partial charge in [0.1, 0.15) is 5.56 Å². The van der Waals surface area contributed by atoms with Crippen LogP contribution in [0.2, 0.25) is 0 Å². The fraction of sp³-hybridized carbons (Fsp3) is 0.500. The molecule has 1 aromatic rings. The largest absolute Gasteiger partial charge is 0.477 e. The maximum absolute atomic E-state index is 11.4. The summed E-state index contributed by atoms with van der Waals surface area (Å²) in [5, 5.41) is 20.3. The van der Waals surface area contributed by atoms with E-state index in [1.165, 1.54) is 12.1 Å². The van der Waals surface area contributed by atoms with Crippen LogP contribution in [0, 0.1) is 10.1 Å². The second-order valence-corrected chi connectivity index (χ2v) is 5.13. The van der Waals surface area contributed by atoms with Gasteiger partial charge in [0.2, 0.25) is 0 Å². The maximum Gasteiger partial charge on any atom is 0.343 e. The summed E-state index contributed by atoms with van der Waals surface area (Å²) in [7, 11) is 1.90. The number of carboxylic acids is 1. The zero-order valence-electron chi connectivity index (χ0n) is 11.8. The van der Waals surface area contributed by atoms with Crippen LogP contribution in [0.1, 0.15) is 28.8 Å². The van der Waals surface area contributed by atoms with Crippen LogP contribution in [0.15, 0.2) is 18.2 Å². The number of nitrogens with zero attached hydrogens (tertiary/aromatic N) is 2. The summed E-state index contributed by atoms with van der Waals surface area (Å²) in [5.41, 5.74) is -0.118. The van der Waals surface area contributed by atoms with Crippen LogP contribution >= 0.6 is 0 Å². The first-order valence-corrected chi connectivity index (χ1v) is 6.78. The number of hydrogen-bond acceptors (Lipinski definition) is 5. The molecule has 2 rings (SSSR count). The molecule has 1 heterocycles. The number of nitro benzene ring substituents is 1. The van der Waals surface area contributed by atoms with E-state index in [9.17, 15) is 20.0 Å². The third kappa shape index (κ3) is 3.56. The van der Waals surface area contributed by atoms with Crippen LogP contribution in [-0.4, -0.2) is 47.2 Å². The van der Waals surface area contributed by atoms with Gasteiger partial charge in [-0.3, -0.25) is 15.0 Å². The lowest BCUT2D eigenvalue weighted by Crippen LogP contribution is -2.36. The Morgan fingerprint density at radius 3 is 2.71 bits per heavy atom. The first kappa shape index (κ1) is 15.4. The molecule has 0 unspecified atom stereocenters. The van der Waals surface area contributed by atoms with Crippen molar-refractivity contribution in [1.29, 1.82) is 0 Å². The van der Waals surface area contributed by atoms with Crippen molar-refractivity contribution in [2.75, 3.05) is 20.3 Å². The molecule has 1 N–H and O–H groups in total. The first-order valence-electron chi connectivity index (χ1n) is 6.78. The van der Waals surface area contributed by atoms with Crippen molar-refractivity contribution in [2.24, 2.45) is 0 Å².